The van der Waals surface area contributed by atoms with Crippen LogP contribution in [0.5, 0.6) is 0 Å². The lowest BCUT2D eigenvalue weighted by atomic mass is 9.80. The molecule has 2 aliphatic rings. The first kappa shape index (κ1) is 22.2. The standard InChI is InChI=1S/C30H31N5S/c1-33-16-14-22(15-17-33)34-29(31)28(21-12-10-20(11-13-21)25-18-36-19-32-25)30(34)35-26-8-4-2-6-23(26)24-7-3-5-9-27(24)35/h2-13,18-19,22,28-30H,14-17,31H2,1H3. The number of hydrogen-bond acceptors (Lipinski definition) is 5. The molecule has 0 aliphatic carbocycles. The normalized spacial score (nSPS) is 23.9. The molecule has 5 aromatic rings. The van der Waals surface area contributed by atoms with Crippen molar-refractivity contribution >= 4 is 33.1 Å². The molecular weight excluding hydrogens is 462 g/mol. The molecule has 4 heterocycles. The molecule has 5 nitrogen and oxygen atoms in total. The molecule has 6 heteroatoms. The Labute approximate surface area is 215 Å². The molecule has 2 saturated heterocycles. The third kappa shape index (κ3) is 3.44. The van der Waals surface area contributed by atoms with E-state index in [9.17, 15) is 0 Å². The van der Waals surface area contributed by atoms with E-state index in [2.05, 4.69) is 105 Å². The maximum Gasteiger partial charge on any atom is 0.0982 e. The lowest BCUT2D eigenvalue weighted by Crippen LogP contribution is -2.67. The van der Waals surface area contributed by atoms with Gasteiger partial charge in [-0.3, -0.25) is 4.90 Å². The number of rotatable bonds is 4. The van der Waals surface area contributed by atoms with Crippen molar-refractivity contribution < 1.29 is 0 Å². The fourth-order valence-corrected chi connectivity index (χ4v) is 7.07. The van der Waals surface area contributed by atoms with Gasteiger partial charge in [-0.15, -0.1) is 11.3 Å². The van der Waals surface area contributed by atoms with Gasteiger partial charge in [-0.05, 0) is 50.7 Å². The average molecular weight is 494 g/mol. The molecule has 3 aromatic carbocycles. The lowest BCUT2D eigenvalue weighted by molar-refractivity contribution is -0.0978. The number of piperidine rings is 1. The minimum Gasteiger partial charge on any atom is -0.323 e. The van der Waals surface area contributed by atoms with Crippen LogP contribution in [0.2, 0.25) is 0 Å². The number of nitrogens with two attached hydrogens (primary N) is 1. The minimum atomic E-state index is -0.00606. The SMILES string of the molecule is CN1CCC(N2C(N)C(c3ccc(-c4cscn4)cc3)C2n2c3ccccc3c3ccccc32)CC1. The van der Waals surface area contributed by atoms with Gasteiger partial charge in [0.15, 0.2) is 0 Å². The van der Waals surface area contributed by atoms with Crippen LogP contribution in [0.3, 0.4) is 0 Å². The van der Waals surface area contributed by atoms with E-state index in [1.54, 1.807) is 11.3 Å². The van der Waals surface area contributed by atoms with Crippen LogP contribution >= 0.6 is 11.3 Å². The Morgan fingerprint density at radius 3 is 2.11 bits per heavy atom. The highest BCUT2D eigenvalue weighted by Crippen LogP contribution is 2.51. The fourth-order valence-electron chi connectivity index (χ4n) is 6.51. The Balaban J connectivity index is 1.36. The number of fused-ring (bicyclic) bond motifs is 3. The topological polar surface area (TPSA) is 50.3 Å². The number of aromatic nitrogens is 2. The van der Waals surface area contributed by atoms with Crippen molar-refractivity contribution in [2.45, 2.75) is 37.1 Å². The number of nitrogens with zero attached hydrogens (tertiary/aromatic N) is 4. The highest BCUT2D eigenvalue weighted by molar-refractivity contribution is 7.07. The number of hydrogen-bond donors (Lipinski definition) is 1. The molecule has 0 spiro atoms. The Morgan fingerprint density at radius 2 is 1.50 bits per heavy atom. The van der Waals surface area contributed by atoms with Crippen LogP contribution in [-0.2, 0) is 0 Å². The van der Waals surface area contributed by atoms with Crippen molar-refractivity contribution in [1.29, 1.82) is 0 Å². The van der Waals surface area contributed by atoms with Crippen LogP contribution in [0.15, 0.2) is 83.7 Å². The van der Waals surface area contributed by atoms with Crippen LogP contribution in [0.1, 0.15) is 30.5 Å². The van der Waals surface area contributed by atoms with E-state index >= 15 is 0 Å². The van der Waals surface area contributed by atoms with Gasteiger partial charge in [0.05, 0.1) is 34.6 Å². The van der Waals surface area contributed by atoms with Crippen molar-refractivity contribution in [3.63, 3.8) is 0 Å². The molecular formula is C30H31N5S. The Hall–Kier alpha value is -3.03. The molecule has 36 heavy (non-hydrogen) atoms. The van der Waals surface area contributed by atoms with Crippen LogP contribution in [0.25, 0.3) is 33.1 Å². The first-order valence-corrected chi connectivity index (χ1v) is 13.8. The predicted octanol–water partition coefficient (Wildman–Crippen LogP) is 5.90. The molecule has 3 unspecified atom stereocenters. The van der Waals surface area contributed by atoms with Crippen LogP contribution in [0, 0.1) is 0 Å². The molecule has 2 fully saturated rings. The van der Waals surface area contributed by atoms with Gasteiger partial charge < -0.3 is 15.2 Å². The second kappa shape index (κ2) is 8.82. The van der Waals surface area contributed by atoms with E-state index in [0.29, 0.717) is 6.04 Å². The van der Waals surface area contributed by atoms with Gasteiger partial charge in [0.25, 0.3) is 0 Å². The maximum atomic E-state index is 7.07. The Morgan fingerprint density at radius 1 is 0.861 bits per heavy atom. The van der Waals surface area contributed by atoms with E-state index in [4.69, 9.17) is 5.73 Å². The summed E-state index contributed by atoms with van der Waals surface area (Å²) in [6.07, 6.45) is 2.50. The summed E-state index contributed by atoms with van der Waals surface area (Å²) in [6, 6.07) is 27.1. The van der Waals surface area contributed by atoms with Crippen molar-refractivity contribution in [3.8, 4) is 11.3 Å². The van der Waals surface area contributed by atoms with Gasteiger partial charge in [-0.2, -0.15) is 0 Å². The molecule has 182 valence electrons. The molecule has 0 bridgehead atoms. The molecule has 0 amide bonds. The summed E-state index contributed by atoms with van der Waals surface area (Å²) in [5.74, 6) is 0.216. The summed E-state index contributed by atoms with van der Waals surface area (Å²) < 4.78 is 2.57. The lowest BCUT2D eigenvalue weighted by Gasteiger charge is -2.58. The molecule has 0 saturated carbocycles. The average Bonchev–Trinajstić information content (AvgIpc) is 3.56. The summed E-state index contributed by atoms with van der Waals surface area (Å²) in [5.41, 5.74) is 15.0. The zero-order valence-corrected chi connectivity index (χ0v) is 21.3. The van der Waals surface area contributed by atoms with Crippen LogP contribution in [-0.4, -0.2) is 51.7 Å². The fraction of sp³-hybridized carbons (Fsp3) is 0.300. The highest BCUT2D eigenvalue weighted by Gasteiger charge is 2.52. The number of para-hydroxylation sites is 2. The van der Waals surface area contributed by atoms with E-state index in [-0.39, 0.29) is 18.2 Å². The van der Waals surface area contributed by atoms with Crippen molar-refractivity contribution in [1.82, 2.24) is 19.4 Å². The first-order valence-electron chi connectivity index (χ1n) is 12.9. The van der Waals surface area contributed by atoms with Crippen LogP contribution in [0.4, 0.5) is 0 Å². The minimum absolute atomic E-state index is 0.00606. The summed E-state index contributed by atoms with van der Waals surface area (Å²) >= 11 is 1.63. The molecule has 3 atom stereocenters. The maximum absolute atomic E-state index is 7.07. The van der Waals surface area contributed by atoms with Gasteiger partial charge >= 0.3 is 0 Å². The molecule has 2 aromatic heterocycles. The Kier molecular flexibility index (Phi) is 5.44. The molecule has 2 aliphatic heterocycles. The van der Waals surface area contributed by atoms with Gasteiger partial charge in [-0.1, -0.05) is 60.7 Å². The zero-order valence-electron chi connectivity index (χ0n) is 20.5. The molecule has 0 radical (unpaired) electrons. The summed E-state index contributed by atoms with van der Waals surface area (Å²) in [7, 11) is 2.23. The van der Waals surface area contributed by atoms with Gasteiger partial charge in [-0.25, -0.2) is 4.98 Å². The third-order valence-electron chi connectivity index (χ3n) is 8.35. The van der Waals surface area contributed by atoms with E-state index in [1.165, 1.54) is 27.4 Å². The van der Waals surface area contributed by atoms with Gasteiger partial charge in [0, 0.05) is 33.7 Å². The first-order chi connectivity index (χ1) is 17.7. The summed E-state index contributed by atoms with van der Waals surface area (Å²) in [5, 5.41) is 4.73. The smallest absolute Gasteiger partial charge is 0.0982 e. The van der Waals surface area contributed by atoms with Crippen molar-refractivity contribution in [3.05, 3.63) is 89.3 Å². The largest absolute Gasteiger partial charge is 0.323 e. The van der Waals surface area contributed by atoms with Crippen LogP contribution < -0.4 is 5.73 Å². The van der Waals surface area contributed by atoms with Gasteiger partial charge in [0.1, 0.15) is 0 Å². The second-order valence-corrected chi connectivity index (χ2v) is 11.0. The van der Waals surface area contributed by atoms with Crippen molar-refractivity contribution in [2.24, 2.45) is 5.73 Å². The number of likely N-dealkylation sites (tertiary alicyclic amines) is 2. The monoisotopic (exact) mass is 493 g/mol. The Bertz CT molecular complexity index is 1440. The summed E-state index contributed by atoms with van der Waals surface area (Å²) in [4.78, 5) is 9.54. The van der Waals surface area contributed by atoms with E-state index < -0.39 is 0 Å². The predicted molar refractivity (Wildman–Crippen MR) is 149 cm³/mol. The van der Waals surface area contributed by atoms with Gasteiger partial charge in [0.2, 0.25) is 0 Å². The van der Waals surface area contributed by atoms with Crippen molar-refractivity contribution in [2.75, 3.05) is 20.1 Å². The molecule has 2 N–H and O–H groups in total. The zero-order chi connectivity index (χ0) is 24.2. The third-order valence-corrected chi connectivity index (χ3v) is 8.94. The van der Waals surface area contributed by atoms with E-state index in [0.717, 1.165) is 37.2 Å². The number of thiazole rings is 1. The summed E-state index contributed by atoms with van der Waals surface area (Å²) in [6.45, 7) is 2.25. The quantitative estimate of drug-likeness (QED) is 0.339. The highest BCUT2D eigenvalue weighted by atomic mass is 32.1. The molecule has 7 rings (SSSR count). The second-order valence-electron chi connectivity index (χ2n) is 10.3. The number of benzene rings is 3. The van der Waals surface area contributed by atoms with E-state index in [1.807, 2.05) is 5.51 Å².